The van der Waals surface area contributed by atoms with Crippen LogP contribution in [0.3, 0.4) is 0 Å². The van der Waals surface area contributed by atoms with Crippen molar-refractivity contribution in [1.82, 2.24) is 5.48 Å². The second-order valence-corrected chi connectivity index (χ2v) is 2.63. The lowest BCUT2D eigenvalue weighted by molar-refractivity contribution is 0.369. The van der Waals surface area contributed by atoms with Crippen LogP contribution in [0.5, 0.6) is 0 Å². The number of rotatable bonds is 0. The van der Waals surface area contributed by atoms with E-state index in [4.69, 9.17) is 0 Å². The van der Waals surface area contributed by atoms with Crippen molar-refractivity contribution in [3.63, 3.8) is 0 Å². The molecule has 0 aromatic carbocycles. The van der Waals surface area contributed by atoms with E-state index >= 15 is 0 Å². The van der Waals surface area contributed by atoms with Gasteiger partial charge in [-0.15, -0.1) is 0 Å². The molecule has 1 unspecified atom stereocenters. The second kappa shape index (κ2) is 0.721. The van der Waals surface area contributed by atoms with Gasteiger partial charge >= 0.3 is 0 Å². The number of nitrogens with one attached hydrogen (secondary N) is 1. The van der Waals surface area contributed by atoms with Crippen LogP contribution < -0.4 is 5.48 Å². The lowest BCUT2D eigenvalue weighted by Gasteiger charge is -1.74. The van der Waals surface area contributed by atoms with Crippen LogP contribution in [0, 0.1) is 0 Å². The molecule has 0 aromatic heterocycles. The maximum Gasteiger partial charge on any atom is 0.213 e. The molecule has 1 atom stereocenters. The summed E-state index contributed by atoms with van der Waals surface area (Å²) in [5, 5.41) is 0. The van der Waals surface area contributed by atoms with Crippen molar-refractivity contribution >= 4 is 15.9 Å². The summed E-state index contributed by atoms with van der Waals surface area (Å²) in [5.41, 5.74) is 2.59. The Labute approximate surface area is 38.6 Å². The molecule has 1 saturated heterocycles. The number of alkyl halides is 1. The van der Waals surface area contributed by atoms with Gasteiger partial charge in [0, 0.05) is 0 Å². The first-order valence-electron chi connectivity index (χ1n) is 1.35. The number of hydroxylamine groups is 1. The molecule has 0 aliphatic carbocycles. The minimum atomic E-state index is -0.188. The highest BCUT2D eigenvalue weighted by molar-refractivity contribution is 9.10. The quantitative estimate of drug-likeness (QED) is 0.302. The van der Waals surface area contributed by atoms with E-state index in [0.717, 1.165) is 0 Å². The molecule has 0 saturated carbocycles. The van der Waals surface area contributed by atoms with Crippen molar-refractivity contribution in [2.75, 3.05) is 0 Å². The topological polar surface area (TPSA) is 34.5 Å². The molecule has 1 heterocycles. The third-order valence-corrected chi connectivity index (χ3v) is 0.707. The van der Waals surface area contributed by atoms with E-state index < -0.39 is 0 Å². The van der Waals surface area contributed by atoms with Gasteiger partial charge in [-0.3, -0.25) is 4.84 Å². The summed E-state index contributed by atoms with van der Waals surface area (Å²) in [7, 11) is 0. The van der Waals surface area contributed by atoms with Crippen LogP contribution in [-0.2, 0) is 4.84 Å². The van der Waals surface area contributed by atoms with Crippen molar-refractivity contribution < 1.29 is 4.84 Å². The third kappa shape index (κ3) is 0.869. The highest BCUT2D eigenvalue weighted by Crippen LogP contribution is 2.24. The molecule has 2 nitrogen and oxygen atoms in total. The number of hydrogen-bond donors (Lipinski definition) is 1. The third-order valence-electron chi connectivity index (χ3n) is 0.383. The van der Waals surface area contributed by atoms with Crippen LogP contribution in [-0.4, -0.2) is 4.63 Å². The van der Waals surface area contributed by atoms with E-state index in [1.54, 1.807) is 0 Å². The maximum absolute atomic E-state index is 4.56. The van der Waals surface area contributed by atoms with Gasteiger partial charge in [-0.25, -0.2) is 0 Å². The summed E-state index contributed by atoms with van der Waals surface area (Å²) < 4.78 is -0.188. The van der Waals surface area contributed by atoms with Crippen LogP contribution in [0.2, 0.25) is 0 Å². The van der Waals surface area contributed by atoms with Gasteiger partial charge in [-0.2, -0.15) is 5.48 Å². The molecule has 30 valence electrons. The Bertz CT molecular complexity index is 47.6. The summed E-state index contributed by atoms with van der Waals surface area (Å²) in [6.07, 6.45) is 0. The van der Waals surface area contributed by atoms with Crippen LogP contribution in [0.4, 0.5) is 0 Å². The highest BCUT2D eigenvalue weighted by atomic mass is 79.9. The molecule has 1 N–H and O–H groups in total. The van der Waals surface area contributed by atoms with E-state index in [-0.39, 0.29) is 4.63 Å². The maximum atomic E-state index is 4.56. The highest BCUT2D eigenvalue weighted by Gasteiger charge is 2.35. The van der Waals surface area contributed by atoms with E-state index in [1.165, 1.54) is 0 Å². The normalized spacial score (nSPS) is 49.2. The first-order valence-corrected chi connectivity index (χ1v) is 2.14. The molecule has 1 rings (SSSR count). The van der Waals surface area contributed by atoms with Crippen LogP contribution in [0.25, 0.3) is 0 Å². The molecule has 0 bridgehead atoms. The second-order valence-electron chi connectivity index (χ2n) is 1.12. The largest absolute Gasteiger partial charge is 0.262 e. The Hall–Kier alpha value is 0.400. The first-order chi connectivity index (χ1) is 2.21. The summed E-state index contributed by atoms with van der Waals surface area (Å²) in [5.74, 6) is 0. The summed E-state index contributed by atoms with van der Waals surface area (Å²) in [6.45, 7) is 1.88. The van der Waals surface area contributed by atoms with E-state index in [9.17, 15) is 0 Å². The van der Waals surface area contributed by atoms with Gasteiger partial charge in [-0.05, 0) is 22.9 Å². The average molecular weight is 138 g/mol. The summed E-state index contributed by atoms with van der Waals surface area (Å²) in [4.78, 5) is 4.56. The van der Waals surface area contributed by atoms with Crippen LogP contribution >= 0.6 is 15.9 Å². The molecule has 5 heavy (non-hydrogen) atoms. The Morgan fingerprint density at radius 3 is 2.20 bits per heavy atom. The fourth-order valence-corrected chi connectivity index (χ4v) is 0.151. The minimum Gasteiger partial charge on any atom is -0.262 e. The Balaban J connectivity index is 2.38. The van der Waals surface area contributed by atoms with Crippen molar-refractivity contribution in [3.8, 4) is 0 Å². The zero-order valence-corrected chi connectivity index (χ0v) is 4.37. The lowest BCUT2D eigenvalue weighted by Crippen LogP contribution is -1.91. The fraction of sp³-hybridized carbons (Fsp3) is 1.00. The lowest BCUT2D eigenvalue weighted by atomic mass is 10.8. The van der Waals surface area contributed by atoms with Gasteiger partial charge in [0.05, 0.1) is 0 Å². The fourth-order valence-electron chi connectivity index (χ4n) is 0.0703. The van der Waals surface area contributed by atoms with E-state index in [0.29, 0.717) is 0 Å². The number of halogens is 1. The Morgan fingerprint density at radius 2 is 2.20 bits per heavy atom. The predicted molar refractivity (Wildman–Crippen MR) is 21.6 cm³/mol. The van der Waals surface area contributed by atoms with Gasteiger partial charge in [-0.1, -0.05) is 0 Å². The molecule has 1 aliphatic rings. The molecule has 0 spiro atoms. The van der Waals surface area contributed by atoms with Crippen molar-refractivity contribution in [1.29, 1.82) is 0 Å². The monoisotopic (exact) mass is 137 g/mol. The molecule has 0 amide bonds. The van der Waals surface area contributed by atoms with Crippen molar-refractivity contribution in [3.05, 3.63) is 0 Å². The molecule has 3 heteroatoms. The zero-order chi connectivity index (χ0) is 3.91. The molecule has 0 radical (unpaired) electrons. The standard InChI is InChI=1S/C2H4BrNO/c1-2(3)4-5-2/h4H,1H3. The smallest absolute Gasteiger partial charge is 0.213 e. The molecular weight excluding hydrogens is 134 g/mol. The summed E-state index contributed by atoms with van der Waals surface area (Å²) >= 11 is 3.15. The number of hydrogen-bond acceptors (Lipinski definition) is 2. The minimum absolute atomic E-state index is 0.188. The van der Waals surface area contributed by atoms with Gasteiger partial charge in [0.15, 0.2) is 0 Å². The molecular formula is C2H4BrNO. The average Bonchev–Trinajstić information content (AvgIpc) is 1.76. The SMILES string of the molecule is CC1(Br)NO1. The molecule has 1 aliphatic heterocycles. The summed E-state index contributed by atoms with van der Waals surface area (Å²) in [6, 6.07) is 0. The van der Waals surface area contributed by atoms with E-state index in [2.05, 4.69) is 26.2 Å². The van der Waals surface area contributed by atoms with Crippen molar-refractivity contribution in [2.45, 2.75) is 11.6 Å². The molecule has 0 aromatic rings. The van der Waals surface area contributed by atoms with Gasteiger partial charge in [0.2, 0.25) is 4.63 Å². The van der Waals surface area contributed by atoms with Gasteiger partial charge in [0.1, 0.15) is 0 Å². The molecule has 1 fully saturated rings. The Morgan fingerprint density at radius 1 is 2.00 bits per heavy atom. The van der Waals surface area contributed by atoms with E-state index in [1.807, 2.05) is 6.92 Å². The van der Waals surface area contributed by atoms with Crippen molar-refractivity contribution in [2.24, 2.45) is 0 Å². The predicted octanol–water partition coefficient (Wildman–Crippen LogP) is 0.590. The van der Waals surface area contributed by atoms with Crippen LogP contribution in [0.15, 0.2) is 0 Å². The first kappa shape index (κ1) is 3.59. The van der Waals surface area contributed by atoms with Gasteiger partial charge in [0.25, 0.3) is 0 Å². The Kier molecular flexibility index (Phi) is 0.517. The van der Waals surface area contributed by atoms with Crippen LogP contribution in [0.1, 0.15) is 6.92 Å². The zero-order valence-electron chi connectivity index (χ0n) is 2.79. The van der Waals surface area contributed by atoms with Gasteiger partial charge < -0.3 is 0 Å².